The van der Waals surface area contributed by atoms with Crippen molar-refractivity contribution in [2.45, 2.75) is 18.4 Å². The molecule has 5 nitrogen and oxygen atoms in total. The summed E-state index contributed by atoms with van der Waals surface area (Å²) < 4.78 is 12.9. The molecule has 1 aliphatic rings. The van der Waals surface area contributed by atoms with Gasteiger partial charge >= 0.3 is 0 Å². The summed E-state index contributed by atoms with van der Waals surface area (Å²) >= 11 is 5.71. The number of halogens is 2. The predicted molar refractivity (Wildman–Crippen MR) is 63.2 cm³/mol. The van der Waals surface area contributed by atoms with Crippen molar-refractivity contribution in [3.8, 4) is 0 Å². The molecule has 7 heteroatoms. The number of rotatable bonds is 4. The molecule has 0 spiro atoms. The molecule has 1 aromatic carbocycles. The van der Waals surface area contributed by atoms with Crippen LogP contribution in [0, 0.1) is 15.9 Å². The quantitative estimate of drug-likeness (QED) is 0.519. The Morgan fingerprint density at radius 1 is 1.56 bits per heavy atom. The Morgan fingerprint density at radius 3 is 2.72 bits per heavy atom. The average molecular weight is 273 g/mol. The molecule has 0 atom stereocenters. The number of alkyl halides is 1. The predicted octanol–water partition coefficient (Wildman–Crippen LogP) is 2.24. The molecule has 2 rings (SSSR count). The highest BCUT2D eigenvalue weighted by atomic mass is 35.5. The normalized spacial score (nSPS) is 16.1. The Morgan fingerprint density at radius 2 is 2.22 bits per heavy atom. The van der Waals surface area contributed by atoms with E-state index < -0.39 is 27.9 Å². The van der Waals surface area contributed by atoms with Crippen LogP contribution in [0.2, 0.25) is 0 Å². The highest BCUT2D eigenvalue weighted by Crippen LogP contribution is 2.37. The summed E-state index contributed by atoms with van der Waals surface area (Å²) in [6.45, 7) is 0. The van der Waals surface area contributed by atoms with Crippen molar-refractivity contribution in [2.75, 3.05) is 5.88 Å². The Hall–Kier alpha value is -1.69. The van der Waals surface area contributed by atoms with E-state index in [9.17, 15) is 19.3 Å². The first-order valence-corrected chi connectivity index (χ1v) is 5.83. The van der Waals surface area contributed by atoms with Crippen LogP contribution < -0.4 is 5.32 Å². The van der Waals surface area contributed by atoms with Crippen LogP contribution in [-0.2, 0) is 0 Å². The SMILES string of the molecule is O=C(NC1(CCl)CC1)c1ccc(F)cc1[N+](=O)[O-]. The Bertz CT molecular complexity index is 517. The van der Waals surface area contributed by atoms with Gasteiger partial charge in [-0.1, -0.05) is 0 Å². The van der Waals surface area contributed by atoms with Crippen LogP contribution in [0.3, 0.4) is 0 Å². The molecule has 0 heterocycles. The fourth-order valence-electron chi connectivity index (χ4n) is 1.60. The molecule has 96 valence electrons. The molecule has 1 fully saturated rings. The minimum atomic E-state index is -0.780. The van der Waals surface area contributed by atoms with Gasteiger partial charge < -0.3 is 5.32 Å². The summed E-state index contributed by atoms with van der Waals surface area (Å²) in [6, 6.07) is 2.85. The topological polar surface area (TPSA) is 72.2 Å². The minimum absolute atomic E-state index is 0.155. The van der Waals surface area contributed by atoms with Gasteiger partial charge in [-0.15, -0.1) is 11.6 Å². The molecule has 1 aromatic rings. The number of carbonyl (C=O) groups excluding carboxylic acids is 1. The maximum atomic E-state index is 12.9. The van der Waals surface area contributed by atoms with E-state index in [1.165, 1.54) is 0 Å². The lowest BCUT2D eigenvalue weighted by molar-refractivity contribution is -0.385. The minimum Gasteiger partial charge on any atom is -0.345 e. The Labute approximate surface area is 107 Å². The van der Waals surface area contributed by atoms with Gasteiger partial charge in [0.2, 0.25) is 0 Å². The molecule has 0 bridgehead atoms. The summed E-state index contributed by atoms with van der Waals surface area (Å²) in [5.41, 5.74) is -1.16. The Balaban J connectivity index is 2.27. The van der Waals surface area contributed by atoms with Crippen molar-refractivity contribution < 1.29 is 14.1 Å². The molecule has 0 unspecified atom stereocenters. The smallest absolute Gasteiger partial charge is 0.285 e. The molecule has 18 heavy (non-hydrogen) atoms. The number of carbonyl (C=O) groups is 1. The van der Waals surface area contributed by atoms with Crippen molar-refractivity contribution >= 4 is 23.2 Å². The standard InChI is InChI=1S/C11H10ClFN2O3/c12-6-11(3-4-11)14-10(16)8-2-1-7(13)5-9(8)15(17)18/h1-2,5H,3-4,6H2,(H,14,16). The molecule has 1 N–H and O–H groups in total. The van der Waals surface area contributed by atoms with E-state index in [-0.39, 0.29) is 11.4 Å². The number of nitro groups is 1. The molecule has 0 radical (unpaired) electrons. The first-order valence-electron chi connectivity index (χ1n) is 5.30. The van der Waals surface area contributed by atoms with Crippen LogP contribution in [0.5, 0.6) is 0 Å². The second kappa shape index (κ2) is 4.53. The van der Waals surface area contributed by atoms with Crippen LogP contribution in [0.1, 0.15) is 23.2 Å². The van der Waals surface area contributed by atoms with E-state index in [4.69, 9.17) is 11.6 Å². The van der Waals surface area contributed by atoms with Gasteiger partial charge in [-0.3, -0.25) is 14.9 Å². The number of amides is 1. The van der Waals surface area contributed by atoms with Gasteiger partial charge in [0.05, 0.1) is 16.5 Å². The van der Waals surface area contributed by atoms with Crippen LogP contribution in [0.15, 0.2) is 18.2 Å². The van der Waals surface area contributed by atoms with Crippen molar-refractivity contribution in [2.24, 2.45) is 0 Å². The Kier molecular flexibility index (Phi) is 3.21. The largest absolute Gasteiger partial charge is 0.345 e. The lowest BCUT2D eigenvalue weighted by Crippen LogP contribution is -2.38. The van der Waals surface area contributed by atoms with E-state index in [2.05, 4.69) is 5.32 Å². The van der Waals surface area contributed by atoms with Gasteiger partial charge in [0.15, 0.2) is 0 Å². The third-order valence-corrected chi connectivity index (χ3v) is 3.40. The van der Waals surface area contributed by atoms with Gasteiger partial charge in [0.25, 0.3) is 11.6 Å². The first kappa shape index (κ1) is 12.8. The monoisotopic (exact) mass is 272 g/mol. The summed E-state index contributed by atoms with van der Waals surface area (Å²) in [4.78, 5) is 21.9. The maximum Gasteiger partial charge on any atom is 0.285 e. The second-order valence-corrected chi connectivity index (χ2v) is 4.55. The number of nitrogens with one attached hydrogen (secondary N) is 1. The van der Waals surface area contributed by atoms with E-state index in [0.29, 0.717) is 0 Å². The molecule has 1 saturated carbocycles. The van der Waals surface area contributed by atoms with Crippen molar-refractivity contribution in [3.05, 3.63) is 39.7 Å². The van der Waals surface area contributed by atoms with Crippen LogP contribution in [-0.4, -0.2) is 22.2 Å². The summed E-state index contributed by atoms with van der Waals surface area (Å²) in [5, 5.41) is 13.4. The van der Waals surface area contributed by atoms with Crippen LogP contribution >= 0.6 is 11.6 Å². The fourth-order valence-corrected chi connectivity index (χ4v) is 1.93. The fraction of sp³-hybridized carbons (Fsp3) is 0.364. The summed E-state index contributed by atoms with van der Waals surface area (Å²) in [6.07, 6.45) is 1.49. The molecule has 1 amide bonds. The maximum absolute atomic E-state index is 12.9. The second-order valence-electron chi connectivity index (χ2n) is 4.29. The third kappa shape index (κ3) is 2.43. The number of benzene rings is 1. The van der Waals surface area contributed by atoms with Crippen LogP contribution in [0.25, 0.3) is 0 Å². The van der Waals surface area contributed by atoms with Gasteiger partial charge in [-0.25, -0.2) is 4.39 Å². The van der Waals surface area contributed by atoms with Gasteiger partial charge in [-0.05, 0) is 25.0 Å². The van der Waals surface area contributed by atoms with Gasteiger partial charge in [0.1, 0.15) is 11.4 Å². The lowest BCUT2D eigenvalue weighted by Gasteiger charge is -2.13. The van der Waals surface area contributed by atoms with Crippen molar-refractivity contribution in [3.63, 3.8) is 0 Å². The number of nitrogens with zero attached hydrogens (tertiary/aromatic N) is 1. The molecular weight excluding hydrogens is 263 g/mol. The van der Waals surface area contributed by atoms with E-state index in [1.54, 1.807) is 0 Å². The summed E-state index contributed by atoms with van der Waals surface area (Å²) in [7, 11) is 0. The number of hydrogen-bond donors (Lipinski definition) is 1. The van der Waals surface area contributed by atoms with E-state index in [1.807, 2.05) is 0 Å². The van der Waals surface area contributed by atoms with Gasteiger partial charge in [0, 0.05) is 5.88 Å². The first-order chi connectivity index (χ1) is 8.47. The zero-order chi connectivity index (χ0) is 13.3. The lowest BCUT2D eigenvalue weighted by atomic mass is 10.1. The zero-order valence-corrected chi connectivity index (χ0v) is 10.0. The van der Waals surface area contributed by atoms with E-state index >= 15 is 0 Å². The van der Waals surface area contributed by atoms with Crippen LogP contribution in [0.4, 0.5) is 10.1 Å². The third-order valence-electron chi connectivity index (χ3n) is 2.89. The highest BCUT2D eigenvalue weighted by molar-refractivity contribution is 6.19. The molecule has 0 aliphatic heterocycles. The van der Waals surface area contributed by atoms with Gasteiger partial charge in [-0.2, -0.15) is 0 Å². The average Bonchev–Trinajstić information content (AvgIpc) is 3.09. The molecule has 0 aromatic heterocycles. The van der Waals surface area contributed by atoms with Crippen molar-refractivity contribution in [1.29, 1.82) is 0 Å². The molecule has 1 aliphatic carbocycles. The number of hydrogen-bond acceptors (Lipinski definition) is 3. The molecular formula is C11H10ClFN2O3. The molecule has 0 saturated heterocycles. The number of nitro benzene ring substituents is 1. The highest BCUT2D eigenvalue weighted by Gasteiger charge is 2.44. The summed E-state index contributed by atoms with van der Waals surface area (Å²) in [5.74, 6) is -1.09. The van der Waals surface area contributed by atoms with E-state index in [0.717, 1.165) is 31.0 Å². The van der Waals surface area contributed by atoms with Crippen molar-refractivity contribution in [1.82, 2.24) is 5.32 Å². The zero-order valence-electron chi connectivity index (χ0n) is 9.28.